The van der Waals surface area contributed by atoms with E-state index < -0.39 is 5.97 Å². The van der Waals surface area contributed by atoms with Gasteiger partial charge in [0.25, 0.3) is 0 Å². The summed E-state index contributed by atoms with van der Waals surface area (Å²) in [6, 6.07) is 15.7. The van der Waals surface area contributed by atoms with Crippen molar-refractivity contribution in [2.24, 2.45) is 16.0 Å². The first-order valence-electron chi connectivity index (χ1n) is 8.25. The van der Waals surface area contributed by atoms with E-state index in [1.54, 1.807) is 11.2 Å². The summed E-state index contributed by atoms with van der Waals surface area (Å²) in [4.78, 5) is 15.8. The van der Waals surface area contributed by atoms with E-state index in [0.717, 1.165) is 22.4 Å². The third kappa shape index (κ3) is 2.80. The van der Waals surface area contributed by atoms with E-state index >= 15 is 0 Å². The van der Waals surface area contributed by atoms with E-state index in [0.29, 0.717) is 5.02 Å². The maximum atomic E-state index is 11.4. The smallest absolute Gasteiger partial charge is 0.352 e. The van der Waals surface area contributed by atoms with Crippen LogP contribution < -0.4 is 0 Å². The molecule has 2 aliphatic heterocycles. The van der Waals surface area contributed by atoms with E-state index in [1.165, 1.54) is 0 Å². The SMILES string of the molecule is CC1C(C(=O)O)=NN2C(c3cccc(-c4cccc(Cl)c4)c3)=CC=NC12. The molecule has 0 spiro atoms. The molecule has 26 heavy (non-hydrogen) atoms. The molecule has 0 aromatic heterocycles. The Morgan fingerprint density at radius 2 is 1.81 bits per heavy atom. The number of aliphatic imine (C=N–C) groups is 1. The molecule has 2 aromatic carbocycles. The van der Waals surface area contributed by atoms with Crippen LogP contribution in [0, 0.1) is 5.92 Å². The van der Waals surface area contributed by atoms with Gasteiger partial charge in [-0.3, -0.25) is 4.99 Å². The molecule has 2 aromatic rings. The highest BCUT2D eigenvalue weighted by Gasteiger charge is 2.40. The van der Waals surface area contributed by atoms with Crippen LogP contribution >= 0.6 is 11.6 Å². The highest BCUT2D eigenvalue weighted by molar-refractivity contribution is 6.37. The number of carboxylic acids is 1. The molecule has 0 saturated carbocycles. The van der Waals surface area contributed by atoms with E-state index in [2.05, 4.69) is 10.1 Å². The van der Waals surface area contributed by atoms with E-state index in [9.17, 15) is 9.90 Å². The number of hydrazone groups is 1. The number of aliphatic carboxylic acids is 1. The fourth-order valence-electron chi connectivity index (χ4n) is 3.28. The standard InChI is InChI=1S/C20H16ClN3O2/c1-12-18(20(25)26)23-24-17(8-9-22-19(12)24)15-6-2-4-13(10-15)14-5-3-7-16(21)11-14/h2-12,19H,1H3,(H,25,26). The van der Waals surface area contributed by atoms with E-state index in [4.69, 9.17) is 11.6 Å². The van der Waals surface area contributed by atoms with Gasteiger partial charge < -0.3 is 5.11 Å². The largest absolute Gasteiger partial charge is 0.477 e. The monoisotopic (exact) mass is 365 g/mol. The summed E-state index contributed by atoms with van der Waals surface area (Å²) in [6.45, 7) is 1.83. The number of fused-ring (bicyclic) bond motifs is 1. The second-order valence-electron chi connectivity index (χ2n) is 6.28. The highest BCUT2D eigenvalue weighted by atomic mass is 35.5. The zero-order chi connectivity index (χ0) is 18.3. The van der Waals surface area contributed by atoms with Crippen LogP contribution in [0.5, 0.6) is 0 Å². The van der Waals surface area contributed by atoms with Crippen LogP contribution in [0.2, 0.25) is 5.02 Å². The zero-order valence-electron chi connectivity index (χ0n) is 14.0. The Hall–Kier alpha value is -2.92. The molecule has 2 atom stereocenters. The van der Waals surface area contributed by atoms with Crippen molar-refractivity contribution in [3.8, 4) is 11.1 Å². The van der Waals surface area contributed by atoms with Crippen molar-refractivity contribution in [3.05, 3.63) is 65.2 Å². The predicted octanol–water partition coefficient (Wildman–Crippen LogP) is 4.15. The Morgan fingerprint density at radius 1 is 1.12 bits per heavy atom. The first-order valence-corrected chi connectivity index (χ1v) is 8.63. The average Bonchev–Trinajstić information content (AvgIpc) is 2.99. The fourth-order valence-corrected chi connectivity index (χ4v) is 3.47. The van der Waals surface area contributed by atoms with Gasteiger partial charge in [0.15, 0.2) is 11.9 Å². The van der Waals surface area contributed by atoms with Gasteiger partial charge in [0.1, 0.15) is 0 Å². The Balaban J connectivity index is 1.74. The molecule has 0 radical (unpaired) electrons. The predicted molar refractivity (Wildman–Crippen MR) is 103 cm³/mol. The summed E-state index contributed by atoms with van der Waals surface area (Å²) in [6.07, 6.45) is 3.25. The molecule has 2 unspecified atom stereocenters. The minimum absolute atomic E-state index is 0.131. The Bertz CT molecular complexity index is 981. The van der Waals surface area contributed by atoms with Crippen molar-refractivity contribution in [2.45, 2.75) is 13.1 Å². The number of hydrogen-bond donors (Lipinski definition) is 1. The van der Waals surface area contributed by atoms with E-state index in [-0.39, 0.29) is 17.8 Å². The highest BCUT2D eigenvalue weighted by Crippen LogP contribution is 2.35. The van der Waals surface area contributed by atoms with Crippen LogP contribution in [-0.2, 0) is 4.79 Å². The van der Waals surface area contributed by atoms with Gasteiger partial charge in [-0.1, -0.05) is 48.9 Å². The first-order chi connectivity index (χ1) is 12.5. The van der Waals surface area contributed by atoms with Gasteiger partial charge in [0.2, 0.25) is 0 Å². The second-order valence-corrected chi connectivity index (χ2v) is 6.71. The maximum absolute atomic E-state index is 11.4. The van der Waals surface area contributed by atoms with Crippen molar-refractivity contribution in [2.75, 3.05) is 0 Å². The number of carbonyl (C=O) groups is 1. The van der Waals surface area contributed by atoms with Gasteiger partial charge in [0.05, 0.1) is 11.6 Å². The molecule has 1 N–H and O–H groups in total. The number of carboxylic acid groups (broad SMARTS) is 1. The van der Waals surface area contributed by atoms with Crippen LogP contribution in [0.25, 0.3) is 16.8 Å². The van der Waals surface area contributed by atoms with Crippen molar-refractivity contribution in [3.63, 3.8) is 0 Å². The van der Waals surface area contributed by atoms with Crippen molar-refractivity contribution in [1.82, 2.24) is 5.01 Å². The van der Waals surface area contributed by atoms with Crippen LogP contribution in [0.4, 0.5) is 0 Å². The minimum atomic E-state index is -1.01. The lowest BCUT2D eigenvalue weighted by molar-refractivity contribution is -0.129. The quantitative estimate of drug-likeness (QED) is 0.888. The van der Waals surface area contributed by atoms with Crippen LogP contribution in [0.3, 0.4) is 0 Å². The molecule has 0 amide bonds. The lowest BCUT2D eigenvalue weighted by Crippen LogP contribution is -2.32. The summed E-state index contributed by atoms with van der Waals surface area (Å²) < 4.78 is 0. The third-order valence-corrected chi connectivity index (χ3v) is 4.83. The number of allylic oxidation sites excluding steroid dienone is 1. The summed E-state index contributed by atoms with van der Waals surface area (Å²) in [7, 11) is 0. The molecule has 5 nitrogen and oxygen atoms in total. The molecule has 0 fully saturated rings. The maximum Gasteiger partial charge on any atom is 0.352 e. The van der Waals surface area contributed by atoms with Gasteiger partial charge in [-0.15, -0.1) is 0 Å². The van der Waals surface area contributed by atoms with Gasteiger partial charge in [-0.05, 0) is 35.4 Å². The third-order valence-electron chi connectivity index (χ3n) is 4.60. The summed E-state index contributed by atoms with van der Waals surface area (Å²) in [5, 5.41) is 16.1. The number of halogens is 1. The van der Waals surface area contributed by atoms with Crippen LogP contribution in [0.15, 0.2) is 64.7 Å². The average molecular weight is 366 g/mol. The van der Waals surface area contributed by atoms with Gasteiger partial charge in [0, 0.05) is 16.8 Å². The molecule has 0 saturated heterocycles. The molecule has 6 heteroatoms. The molecule has 2 heterocycles. The molecule has 0 bridgehead atoms. The lowest BCUT2D eigenvalue weighted by Gasteiger charge is -2.27. The molecule has 0 aliphatic carbocycles. The zero-order valence-corrected chi connectivity index (χ0v) is 14.8. The Kier molecular flexibility index (Phi) is 4.09. The summed E-state index contributed by atoms with van der Waals surface area (Å²) in [5.74, 6) is -1.28. The fraction of sp³-hybridized carbons (Fsp3) is 0.150. The second kappa shape index (κ2) is 6.42. The molecule has 130 valence electrons. The molecular weight excluding hydrogens is 350 g/mol. The summed E-state index contributed by atoms with van der Waals surface area (Å²) in [5.41, 5.74) is 3.95. The van der Waals surface area contributed by atoms with Crippen LogP contribution in [-0.4, -0.2) is 34.2 Å². The minimum Gasteiger partial charge on any atom is -0.477 e. The molecule has 4 rings (SSSR count). The van der Waals surface area contributed by atoms with Gasteiger partial charge in [-0.2, -0.15) is 5.10 Å². The van der Waals surface area contributed by atoms with Crippen molar-refractivity contribution < 1.29 is 9.90 Å². The number of hydrogen-bond acceptors (Lipinski definition) is 4. The molecule has 2 aliphatic rings. The first kappa shape index (κ1) is 16.5. The van der Waals surface area contributed by atoms with Crippen molar-refractivity contribution >= 4 is 35.2 Å². The number of benzene rings is 2. The summed E-state index contributed by atoms with van der Waals surface area (Å²) >= 11 is 6.11. The molecular formula is C20H16ClN3O2. The normalized spacial score (nSPS) is 21.2. The Labute approximate surface area is 155 Å². The Morgan fingerprint density at radius 3 is 2.54 bits per heavy atom. The lowest BCUT2D eigenvalue weighted by atomic mass is 9.99. The number of rotatable bonds is 3. The van der Waals surface area contributed by atoms with Gasteiger partial charge in [-0.25, -0.2) is 9.80 Å². The van der Waals surface area contributed by atoms with E-state index in [1.807, 2.05) is 61.5 Å². The topological polar surface area (TPSA) is 65.3 Å². The van der Waals surface area contributed by atoms with Crippen molar-refractivity contribution in [1.29, 1.82) is 0 Å². The number of nitrogens with zero attached hydrogens (tertiary/aromatic N) is 3. The van der Waals surface area contributed by atoms with Crippen LogP contribution in [0.1, 0.15) is 12.5 Å². The van der Waals surface area contributed by atoms with Gasteiger partial charge >= 0.3 is 5.97 Å².